The van der Waals surface area contributed by atoms with E-state index in [0.717, 1.165) is 0 Å². The second-order valence-electron chi connectivity index (χ2n) is 8.37. The van der Waals surface area contributed by atoms with Crippen molar-refractivity contribution in [3.8, 4) is 0 Å². The average Bonchev–Trinajstić information content (AvgIpc) is 2.84. The lowest BCUT2D eigenvalue weighted by Crippen LogP contribution is -2.12. The van der Waals surface area contributed by atoms with Crippen LogP contribution in [0.4, 0.5) is 0 Å². The third-order valence-electron chi connectivity index (χ3n) is 6.13. The zero-order valence-corrected chi connectivity index (χ0v) is 20.9. The Balaban J connectivity index is 1.58. The molecule has 0 amide bonds. The molecule has 0 nitrogen and oxygen atoms in total. The van der Waals surface area contributed by atoms with E-state index in [0.29, 0.717) is 0 Å². The molecule has 4 aromatic carbocycles. The summed E-state index contributed by atoms with van der Waals surface area (Å²) >= 11 is 0. The first kappa shape index (κ1) is 22.9. The lowest BCUT2D eigenvalue weighted by molar-refractivity contribution is 1.27. The molecule has 0 aromatic heterocycles. The van der Waals surface area contributed by atoms with Crippen LogP contribution in [-0.2, 0) is 12.3 Å². The van der Waals surface area contributed by atoms with E-state index in [1.807, 2.05) is 0 Å². The Kier molecular flexibility index (Phi) is 8.28. The summed E-state index contributed by atoms with van der Waals surface area (Å²) in [6.07, 6.45) is 4.91. The Labute approximate surface area is 196 Å². The number of aryl methyl sites for hydroxylation is 2. The van der Waals surface area contributed by atoms with E-state index in [2.05, 4.69) is 123 Å². The summed E-state index contributed by atoms with van der Waals surface area (Å²) in [5, 5.41) is 3.06. The highest BCUT2D eigenvalue weighted by Gasteiger charge is 2.18. The first-order valence-corrected chi connectivity index (χ1v) is 14.8. The molecule has 0 bridgehead atoms. The van der Waals surface area contributed by atoms with Crippen LogP contribution < -0.4 is 10.6 Å². The van der Waals surface area contributed by atoms with E-state index in [1.165, 1.54) is 57.5 Å². The van der Waals surface area contributed by atoms with Gasteiger partial charge in [-0.25, -0.2) is 0 Å². The third kappa shape index (κ3) is 6.16. The smallest absolute Gasteiger partial charge is 0.00301 e. The molecule has 0 radical (unpaired) electrons. The monoisotopic (exact) mass is 454 g/mol. The summed E-state index contributed by atoms with van der Waals surface area (Å²) in [5.41, 5.74) is 5.85. The Morgan fingerprint density at radius 2 is 0.781 bits per heavy atom. The minimum Gasteiger partial charge on any atom is -0.0705 e. The van der Waals surface area contributed by atoms with Crippen molar-refractivity contribution in [2.75, 3.05) is 12.3 Å². The SMILES string of the molecule is Cc1ccccc1CP(CCP(Cc1ccccc1C)c1ccccc1)c1ccccc1. The Bertz CT molecular complexity index is 1010. The van der Waals surface area contributed by atoms with Crippen LogP contribution in [0.25, 0.3) is 0 Å². The molecule has 0 fully saturated rings. The Morgan fingerprint density at radius 3 is 1.16 bits per heavy atom. The number of hydrogen-bond acceptors (Lipinski definition) is 0. The molecule has 4 aromatic rings. The summed E-state index contributed by atoms with van der Waals surface area (Å²) in [6, 6.07) is 40.3. The van der Waals surface area contributed by atoms with E-state index in [1.54, 1.807) is 0 Å². The lowest BCUT2D eigenvalue weighted by Gasteiger charge is -2.24. The zero-order valence-electron chi connectivity index (χ0n) is 19.1. The predicted molar refractivity (Wildman–Crippen MR) is 145 cm³/mol. The molecule has 2 heteroatoms. The molecule has 0 saturated carbocycles. The van der Waals surface area contributed by atoms with Crippen molar-refractivity contribution < 1.29 is 0 Å². The molecule has 2 atom stereocenters. The molecule has 162 valence electrons. The van der Waals surface area contributed by atoms with E-state index in [-0.39, 0.29) is 15.8 Å². The molecule has 0 heterocycles. The molecular formula is C30H32P2. The van der Waals surface area contributed by atoms with Crippen molar-refractivity contribution in [3.63, 3.8) is 0 Å². The van der Waals surface area contributed by atoms with Gasteiger partial charge in [0.05, 0.1) is 0 Å². The van der Waals surface area contributed by atoms with Gasteiger partial charge in [-0.15, -0.1) is 0 Å². The fourth-order valence-corrected chi connectivity index (χ4v) is 9.95. The van der Waals surface area contributed by atoms with Gasteiger partial charge >= 0.3 is 0 Å². The van der Waals surface area contributed by atoms with E-state index >= 15 is 0 Å². The van der Waals surface area contributed by atoms with Crippen LogP contribution in [0.15, 0.2) is 109 Å². The first-order valence-electron chi connectivity index (χ1n) is 11.4. The molecule has 0 aliphatic carbocycles. The number of hydrogen-bond donors (Lipinski definition) is 0. The zero-order chi connectivity index (χ0) is 22.2. The predicted octanol–water partition coefficient (Wildman–Crippen LogP) is 7.62. The summed E-state index contributed by atoms with van der Waals surface area (Å²) in [7, 11) is -0.474. The minimum absolute atomic E-state index is 0.237. The van der Waals surface area contributed by atoms with Crippen LogP contribution in [0.3, 0.4) is 0 Å². The van der Waals surface area contributed by atoms with Crippen LogP contribution in [0.5, 0.6) is 0 Å². The minimum atomic E-state index is -0.237. The maximum absolute atomic E-state index is 2.34. The van der Waals surface area contributed by atoms with Gasteiger partial charge in [0.15, 0.2) is 0 Å². The largest absolute Gasteiger partial charge is 0.0705 e. The normalized spacial score (nSPS) is 12.9. The van der Waals surface area contributed by atoms with Crippen LogP contribution in [-0.4, -0.2) is 12.3 Å². The van der Waals surface area contributed by atoms with Gasteiger partial charge in [0.25, 0.3) is 0 Å². The van der Waals surface area contributed by atoms with Gasteiger partial charge in [0.2, 0.25) is 0 Å². The van der Waals surface area contributed by atoms with Gasteiger partial charge in [-0.2, -0.15) is 0 Å². The van der Waals surface area contributed by atoms with Crippen LogP contribution in [0.2, 0.25) is 0 Å². The second-order valence-corrected chi connectivity index (χ2v) is 13.1. The molecule has 4 rings (SSSR count). The molecule has 0 aliphatic rings. The molecule has 32 heavy (non-hydrogen) atoms. The van der Waals surface area contributed by atoms with E-state index in [9.17, 15) is 0 Å². The van der Waals surface area contributed by atoms with Crippen molar-refractivity contribution in [2.24, 2.45) is 0 Å². The van der Waals surface area contributed by atoms with Crippen LogP contribution in [0.1, 0.15) is 22.3 Å². The highest BCUT2D eigenvalue weighted by Crippen LogP contribution is 2.46. The topological polar surface area (TPSA) is 0 Å². The molecule has 0 saturated heterocycles. The summed E-state index contributed by atoms with van der Waals surface area (Å²) in [6.45, 7) is 4.51. The van der Waals surface area contributed by atoms with Gasteiger partial charge in [-0.1, -0.05) is 125 Å². The van der Waals surface area contributed by atoms with Crippen molar-refractivity contribution in [2.45, 2.75) is 26.2 Å². The summed E-state index contributed by atoms with van der Waals surface area (Å²) in [5.74, 6) is 0. The van der Waals surface area contributed by atoms with Gasteiger partial charge < -0.3 is 0 Å². The van der Waals surface area contributed by atoms with Crippen LogP contribution in [0, 0.1) is 13.8 Å². The van der Waals surface area contributed by atoms with E-state index < -0.39 is 0 Å². The summed E-state index contributed by atoms with van der Waals surface area (Å²) < 4.78 is 0. The number of rotatable bonds is 9. The molecular weight excluding hydrogens is 422 g/mol. The fraction of sp³-hybridized carbons (Fsp3) is 0.200. The van der Waals surface area contributed by atoms with Gasteiger partial charge in [-0.05, 0) is 71.4 Å². The van der Waals surface area contributed by atoms with Crippen LogP contribution >= 0.6 is 15.8 Å². The first-order chi connectivity index (χ1) is 15.7. The molecule has 0 spiro atoms. The second kappa shape index (κ2) is 11.6. The standard InChI is InChI=1S/C30H32P2/c1-25-13-9-11-15-27(25)23-31(29-17-5-3-6-18-29)21-22-32(30-19-7-4-8-20-30)24-28-16-12-10-14-26(28)2/h3-20H,21-24H2,1-2H3. The Morgan fingerprint density at radius 1 is 0.438 bits per heavy atom. The number of benzene rings is 4. The molecule has 0 aliphatic heterocycles. The quantitative estimate of drug-likeness (QED) is 0.228. The third-order valence-corrected chi connectivity index (χ3v) is 11.5. The lowest BCUT2D eigenvalue weighted by atomic mass is 10.1. The maximum atomic E-state index is 2.34. The van der Waals surface area contributed by atoms with Crippen molar-refractivity contribution in [1.82, 2.24) is 0 Å². The fourth-order valence-electron chi connectivity index (χ4n) is 4.10. The van der Waals surface area contributed by atoms with Crippen molar-refractivity contribution in [1.29, 1.82) is 0 Å². The molecule has 2 unspecified atom stereocenters. The van der Waals surface area contributed by atoms with Gasteiger partial charge in [0.1, 0.15) is 0 Å². The molecule has 0 N–H and O–H groups in total. The van der Waals surface area contributed by atoms with Gasteiger partial charge in [-0.3, -0.25) is 0 Å². The maximum Gasteiger partial charge on any atom is -0.00301 e. The van der Waals surface area contributed by atoms with Crippen molar-refractivity contribution in [3.05, 3.63) is 131 Å². The Hall–Kier alpha value is -2.26. The van der Waals surface area contributed by atoms with Crippen molar-refractivity contribution >= 4 is 26.5 Å². The summed E-state index contributed by atoms with van der Waals surface area (Å²) in [4.78, 5) is 0. The van der Waals surface area contributed by atoms with Gasteiger partial charge in [0, 0.05) is 0 Å². The highest BCUT2D eigenvalue weighted by molar-refractivity contribution is 7.68. The van der Waals surface area contributed by atoms with E-state index in [4.69, 9.17) is 0 Å². The average molecular weight is 455 g/mol. The highest BCUT2D eigenvalue weighted by atomic mass is 31.1.